The van der Waals surface area contributed by atoms with Gasteiger partial charge in [-0.05, 0) is 45.7 Å². The molecule has 2 aromatic heterocycles. The molecule has 31 heavy (non-hydrogen) atoms. The van der Waals surface area contributed by atoms with Crippen LogP contribution in [0.3, 0.4) is 0 Å². The van der Waals surface area contributed by atoms with Gasteiger partial charge in [0.15, 0.2) is 0 Å². The lowest BCUT2D eigenvalue weighted by Crippen LogP contribution is -2.23. The lowest BCUT2D eigenvalue weighted by atomic mass is 9.96. The van der Waals surface area contributed by atoms with Crippen LogP contribution in [0.2, 0.25) is 0 Å². The second-order valence-electron chi connectivity index (χ2n) is 7.33. The van der Waals surface area contributed by atoms with Crippen molar-refractivity contribution in [2.75, 3.05) is 0 Å². The van der Waals surface area contributed by atoms with E-state index < -0.39 is 0 Å². The summed E-state index contributed by atoms with van der Waals surface area (Å²) in [4.78, 5) is 21.4. The van der Waals surface area contributed by atoms with Crippen molar-refractivity contribution in [3.63, 3.8) is 0 Å². The molecule has 5 rings (SSSR count). The molecule has 0 aliphatic rings. The van der Waals surface area contributed by atoms with Crippen molar-refractivity contribution in [3.05, 3.63) is 103 Å². The van der Waals surface area contributed by atoms with Crippen LogP contribution < -0.4 is 5.32 Å². The molecule has 5 aromatic rings. The van der Waals surface area contributed by atoms with Gasteiger partial charge in [0.05, 0.1) is 5.56 Å². The highest BCUT2D eigenvalue weighted by Crippen LogP contribution is 2.32. The molecular formula is C26H19N3O2. The van der Waals surface area contributed by atoms with Gasteiger partial charge >= 0.3 is 0 Å². The first-order valence-electron chi connectivity index (χ1n) is 9.97. The highest BCUT2D eigenvalue weighted by atomic mass is 16.3. The topological polar surface area (TPSA) is 75.1 Å². The molecule has 0 fully saturated rings. The fourth-order valence-corrected chi connectivity index (χ4v) is 3.90. The first kappa shape index (κ1) is 18.8. The van der Waals surface area contributed by atoms with Crippen molar-refractivity contribution in [1.29, 1.82) is 0 Å². The van der Waals surface area contributed by atoms with Crippen LogP contribution in [0.25, 0.3) is 32.7 Å². The molecule has 0 radical (unpaired) electrons. The summed E-state index contributed by atoms with van der Waals surface area (Å²) in [6.07, 6.45) is 6.91. The molecule has 0 bridgehead atoms. The van der Waals surface area contributed by atoms with Crippen molar-refractivity contribution >= 4 is 27.5 Å². The van der Waals surface area contributed by atoms with Gasteiger partial charge in [-0.15, -0.1) is 0 Å². The molecule has 150 valence electrons. The second kappa shape index (κ2) is 7.88. The number of aromatic hydroxyl groups is 1. The van der Waals surface area contributed by atoms with Gasteiger partial charge in [-0.25, -0.2) is 0 Å². The fraction of sp³-hybridized carbons (Fsp3) is 0.0385. The quantitative estimate of drug-likeness (QED) is 0.437. The summed E-state index contributed by atoms with van der Waals surface area (Å²) in [7, 11) is 0. The number of nitrogens with one attached hydrogen (secondary N) is 1. The first-order valence-corrected chi connectivity index (χ1v) is 9.97. The molecule has 0 unspecified atom stereocenters. The van der Waals surface area contributed by atoms with Crippen LogP contribution in [-0.2, 0) is 6.54 Å². The third-order valence-electron chi connectivity index (χ3n) is 5.42. The Morgan fingerprint density at radius 1 is 0.839 bits per heavy atom. The zero-order chi connectivity index (χ0) is 21.2. The minimum atomic E-state index is -0.168. The van der Waals surface area contributed by atoms with Crippen molar-refractivity contribution in [3.8, 4) is 16.9 Å². The van der Waals surface area contributed by atoms with Crippen LogP contribution in [0, 0.1) is 0 Å². The number of rotatable bonds is 4. The number of fused-ring (bicyclic) bond motifs is 2. The summed E-state index contributed by atoms with van der Waals surface area (Å²) in [6.45, 7) is 0.366. The SMILES string of the molecule is O=C(NCc1ccc(-c2cccc(O)c2)c2ccncc12)c1cncc2ccccc12. The van der Waals surface area contributed by atoms with Gasteiger partial charge in [0.25, 0.3) is 5.91 Å². The van der Waals surface area contributed by atoms with E-state index in [1.165, 1.54) is 0 Å². The molecule has 1 amide bonds. The Balaban J connectivity index is 1.47. The number of aromatic nitrogens is 2. The van der Waals surface area contributed by atoms with E-state index in [0.717, 1.165) is 38.2 Å². The number of amides is 1. The van der Waals surface area contributed by atoms with Crippen LogP contribution in [-0.4, -0.2) is 21.0 Å². The van der Waals surface area contributed by atoms with Crippen LogP contribution in [0.1, 0.15) is 15.9 Å². The van der Waals surface area contributed by atoms with Crippen LogP contribution in [0.5, 0.6) is 5.75 Å². The number of benzene rings is 3. The van der Waals surface area contributed by atoms with E-state index in [9.17, 15) is 9.90 Å². The van der Waals surface area contributed by atoms with E-state index in [-0.39, 0.29) is 11.7 Å². The monoisotopic (exact) mass is 405 g/mol. The van der Waals surface area contributed by atoms with E-state index in [0.29, 0.717) is 12.1 Å². The van der Waals surface area contributed by atoms with E-state index in [1.807, 2.05) is 60.8 Å². The van der Waals surface area contributed by atoms with Gasteiger partial charge in [-0.2, -0.15) is 0 Å². The number of carbonyl (C=O) groups excluding carboxylic acids is 1. The summed E-state index contributed by atoms with van der Waals surface area (Å²) < 4.78 is 0. The minimum Gasteiger partial charge on any atom is -0.508 e. The maximum Gasteiger partial charge on any atom is 0.253 e. The lowest BCUT2D eigenvalue weighted by Gasteiger charge is -2.13. The third-order valence-corrected chi connectivity index (χ3v) is 5.42. The highest BCUT2D eigenvalue weighted by Gasteiger charge is 2.13. The summed E-state index contributed by atoms with van der Waals surface area (Å²) >= 11 is 0. The van der Waals surface area contributed by atoms with Crippen LogP contribution >= 0.6 is 0 Å². The Hall–Kier alpha value is -4.25. The van der Waals surface area contributed by atoms with E-state index in [1.54, 1.807) is 30.7 Å². The van der Waals surface area contributed by atoms with Gasteiger partial charge < -0.3 is 10.4 Å². The first-order chi connectivity index (χ1) is 15.2. The molecule has 5 heteroatoms. The molecular weight excluding hydrogens is 386 g/mol. The zero-order valence-electron chi connectivity index (χ0n) is 16.6. The molecule has 0 aliphatic carbocycles. The average Bonchev–Trinajstić information content (AvgIpc) is 2.82. The molecule has 2 heterocycles. The van der Waals surface area contributed by atoms with E-state index >= 15 is 0 Å². The average molecular weight is 405 g/mol. The Bertz CT molecular complexity index is 1420. The Labute approximate surface area is 179 Å². The predicted molar refractivity (Wildman–Crippen MR) is 122 cm³/mol. The van der Waals surface area contributed by atoms with E-state index in [4.69, 9.17) is 0 Å². The summed E-state index contributed by atoms with van der Waals surface area (Å²) in [5.41, 5.74) is 3.45. The molecule has 2 N–H and O–H groups in total. The van der Waals surface area contributed by atoms with Crippen molar-refractivity contribution in [2.24, 2.45) is 0 Å². The largest absolute Gasteiger partial charge is 0.508 e. The molecule has 3 aromatic carbocycles. The molecule has 0 spiro atoms. The Kier molecular flexibility index (Phi) is 4.77. The lowest BCUT2D eigenvalue weighted by molar-refractivity contribution is 0.0952. The number of nitrogens with zero attached hydrogens (tertiary/aromatic N) is 2. The molecule has 0 aliphatic heterocycles. The predicted octanol–water partition coefficient (Wildman–Crippen LogP) is 5.09. The van der Waals surface area contributed by atoms with Crippen molar-refractivity contribution in [2.45, 2.75) is 6.54 Å². The minimum absolute atomic E-state index is 0.168. The van der Waals surface area contributed by atoms with Gasteiger partial charge in [-0.1, -0.05) is 48.5 Å². The zero-order valence-corrected chi connectivity index (χ0v) is 16.6. The smallest absolute Gasteiger partial charge is 0.253 e. The van der Waals surface area contributed by atoms with E-state index in [2.05, 4.69) is 15.3 Å². The van der Waals surface area contributed by atoms with Crippen LogP contribution in [0.4, 0.5) is 0 Å². The molecule has 0 saturated heterocycles. The fourth-order valence-electron chi connectivity index (χ4n) is 3.90. The maximum absolute atomic E-state index is 12.9. The number of phenolic OH excluding ortho intramolecular Hbond substituents is 1. The van der Waals surface area contributed by atoms with Crippen molar-refractivity contribution in [1.82, 2.24) is 15.3 Å². The highest BCUT2D eigenvalue weighted by molar-refractivity contribution is 6.06. The molecule has 0 saturated carbocycles. The number of pyridine rings is 2. The number of carbonyl (C=O) groups is 1. The van der Waals surface area contributed by atoms with Crippen LogP contribution in [0.15, 0.2) is 91.5 Å². The molecule has 0 atom stereocenters. The van der Waals surface area contributed by atoms with Gasteiger partial charge in [0.1, 0.15) is 5.75 Å². The number of phenols is 1. The second-order valence-corrected chi connectivity index (χ2v) is 7.33. The van der Waals surface area contributed by atoms with Gasteiger partial charge in [-0.3, -0.25) is 14.8 Å². The van der Waals surface area contributed by atoms with Gasteiger partial charge in [0, 0.05) is 42.1 Å². The van der Waals surface area contributed by atoms with Gasteiger partial charge in [0.2, 0.25) is 0 Å². The number of hydrogen-bond acceptors (Lipinski definition) is 4. The normalized spacial score (nSPS) is 11.0. The number of hydrogen-bond donors (Lipinski definition) is 2. The third kappa shape index (κ3) is 3.57. The summed E-state index contributed by atoms with van der Waals surface area (Å²) in [5.74, 6) is 0.0538. The summed E-state index contributed by atoms with van der Waals surface area (Å²) in [6, 6.07) is 20.8. The Morgan fingerprint density at radius 2 is 1.74 bits per heavy atom. The summed E-state index contributed by atoms with van der Waals surface area (Å²) in [5, 5.41) is 16.7. The molecule has 5 nitrogen and oxygen atoms in total. The van der Waals surface area contributed by atoms with Crippen molar-refractivity contribution < 1.29 is 9.90 Å². The Morgan fingerprint density at radius 3 is 2.65 bits per heavy atom. The maximum atomic E-state index is 12.9. The standard InChI is InChI=1S/C26H19N3O2/c30-20-6-3-5-17(12-20)22-9-8-19(24-15-27-11-10-23(22)24)14-29-26(31)25-16-28-13-18-4-1-2-7-21(18)25/h1-13,15-16,30H,14H2,(H,29,31).